The molecule has 156 valence electrons. The van der Waals surface area contributed by atoms with Crippen molar-refractivity contribution in [3.63, 3.8) is 0 Å². The number of methoxy groups -OCH3 is 1. The van der Waals surface area contributed by atoms with Crippen LogP contribution >= 0.6 is 0 Å². The first-order valence-corrected chi connectivity index (χ1v) is 9.27. The fourth-order valence-electron chi connectivity index (χ4n) is 3.29. The van der Waals surface area contributed by atoms with Crippen LogP contribution in [0, 0.1) is 10.1 Å². The van der Waals surface area contributed by atoms with Crippen LogP contribution in [-0.2, 0) is 16.1 Å². The first-order chi connectivity index (χ1) is 15.0. The zero-order chi connectivity index (χ0) is 22.0. The average Bonchev–Trinajstić information content (AvgIpc) is 3.37. The highest BCUT2D eigenvalue weighted by atomic mass is 16.6. The number of imide groups is 1. The summed E-state index contributed by atoms with van der Waals surface area (Å²) in [5.74, 6) is -0.139. The molecule has 1 aliphatic rings. The van der Waals surface area contributed by atoms with Gasteiger partial charge in [0.25, 0.3) is 17.5 Å². The minimum Gasteiger partial charge on any atom is -0.495 e. The SMILES string of the molecule is COc1ccccc1NC1=C(c2ccc([N+](=O)[O-])cc2)C(=O)N(Cc2ccco2)C1=O. The number of hydrogen-bond donors (Lipinski definition) is 1. The molecule has 2 amide bonds. The number of nitro benzene ring substituents is 1. The Morgan fingerprint density at radius 1 is 1.03 bits per heavy atom. The van der Waals surface area contributed by atoms with Crippen molar-refractivity contribution in [2.24, 2.45) is 0 Å². The van der Waals surface area contributed by atoms with E-state index >= 15 is 0 Å². The zero-order valence-corrected chi connectivity index (χ0v) is 16.4. The Morgan fingerprint density at radius 3 is 2.42 bits per heavy atom. The van der Waals surface area contributed by atoms with E-state index in [1.54, 1.807) is 36.4 Å². The Morgan fingerprint density at radius 2 is 1.77 bits per heavy atom. The summed E-state index contributed by atoms with van der Waals surface area (Å²) < 4.78 is 10.6. The van der Waals surface area contributed by atoms with Crippen molar-refractivity contribution >= 4 is 28.8 Å². The highest BCUT2D eigenvalue weighted by Crippen LogP contribution is 2.34. The van der Waals surface area contributed by atoms with Crippen molar-refractivity contribution in [1.82, 2.24) is 4.90 Å². The number of furan rings is 1. The van der Waals surface area contributed by atoms with Gasteiger partial charge in [0.15, 0.2) is 0 Å². The number of nitrogens with zero attached hydrogens (tertiary/aromatic N) is 2. The Balaban J connectivity index is 1.77. The van der Waals surface area contributed by atoms with Gasteiger partial charge in [-0.2, -0.15) is 0 Å². The summed E-state index contributed by atoms with van der Waals surface area (Å²) in [4.78, 5) is 37.9. The molecule has 0 bridgehead atoms. The van der Waals surface area contributed by atoms with Gasteiger partial charge in [0, 0.05) is 12.1 Å². The number of para-hydroxylation sites is 2. The Hall–Kier alpha value is -4.40. The summed E-state index contributed by atoms with van der Waals surface area (Å²) in [6, 6.07) is 15.8. The molecule has 0 aliphatic carbocycles. The Labute approximate surface area is 176 Å². The topological polar surface area (TPSA) is 115 Å². The van der Waals surface area contributed by atoms with Crippen LogP contribution in [0.4, 0.5) is 11.4 Å². The van der Waals surface area contributed by atoms with Crippen molar-refractivity contribution in [3.8, 4) is 5.75 Å². The summed E-state index contributed by atoms with van der Waals surface area (Å²) in [6.07, 6.45) is 1.46. The third-order valence-corrected chi connectivity index (χ3v) is 4.80. The van der Waals surface area contributed by atoms with E-state index in [2.05, 4.69) is 5.32 Å². The first-order valence-electron chi connectivity index (χ1n) is 9.27. The third kappa shape index (κ3) is 3.76. The number of benzene rings is 2. The molecule has 9 nitrogen and oxygen atoms in total. The van der Waals surface area contributed by atoms with E-state index in [1.807, 2.05) is 0 Å². The fourth-order valence-corrected chi connectivity index (χ4v) is 3.29. The molecule has 1 N–H and O–H groups in total. The number of nitrogens with one attached hydrogen (secondary N) is 1. The lowest BCUT2D eigenvalue weighted by molar-refractivity contribution is -0.384. The number of amides is 2. The molecule has 0 saturated carbocycles. The molecule has 2 aromatic carbocycles. The van der Waals surface area contributed by atoms with Crippen LogP contribution in [0.3, 0.4) is 0 Å². The van der Waals surface area contributed by atoms with Crippen LogP contribution in [0.5, 0.6) is 5.75 Å². The lowest BCUT2D eigenvalue weighted by Crippen LogP contribution is -2.31. The smallest absolute Gasteiger partial charge is 0.278 e. The first kappa shape index (κ1) is 19.9. The van der Waals surface area contributed by atoms with Crippen molar-refractivity contribution in [3.05, 3.63) is 94.1 Å². The molecule has 0 saturated heterocycles. The Kier molecular flexibility index (Phi) is 5.23. The number of rotatable bonds is 7. The monoisotopic (exact) mass is 419 g/mol. The van der Waals surface area contributed by atoms with E-state index in [-0.39, 0.29) is 23.5 Å². The standard InChI is InChI=1S/C22H17N3O6/c1-30-18-7-3-2-6-17(18)23-20-19(14-8-10-15(11-9-14)25(28)29)21(26)24(22(20)27)13-16-5-4-12-31-16/h2-12,23H,13H2,1H3. The van der Waals surface area contributed by atoms with Gasteiger partial charge in [-0.15, -0.1) is 0 Å². The molecule has 0 fully saturated rings. The van der Waals surface area contributed by atoms with E-state index in [4.69, 9.17) is 9.15 Å². The molecule has 0 radical (unpaired) electrons. The van der Waals surface area contributed by atoms with Gasteiger partial charge in [0.05, 0.1) is 36.1 Å². The minimum absolute atomic E-state index is 0.0434. The normalized spacial score (nSPS) is 13.6. The highest BCUT2D eigenvalue weighted by molar-refractivity contribution is 6.36. The summed E-state index contributed by atoms with van der Waals surface area (Å²) in [7, 11) is 1.50. The van der Waals surface area contributed by atoms with Crippen molar-refractivity contribution in [2.75, 3.05) is 12.4 Å². The van der Waals surface area contributed by atoms with E-state index in [0.717, 1.165) is 4.90 Å². The van der Waals surface area contributed by atoms with Gasteiger partial charge < -0.3 is 14.5 Å². The number of carbonyl (C=O) groups is 2. The molecule has 0 unspecified atom stereocenters. The predicted octanol–water partition coefficient (Wildman–Crippen LogP) is 3.59. The molecule has 3 aromatic rings. The summed E-state index contributed by atoms with van der Waals surface area (Å²) in [5.41, 5.74) is 0.920. The lowest BCUT2D eigenvalue weighted by atomic mass is 10.0. The molecule has 2 heterocycles. The minimum atomic E-state index is -0.541. The maximum absolute atomic E-state index is 13.2. The van der Waals surface area contributed by atoms with Crippen LogP contribution in [0.15, 0.2) is 77.0 Å². The van der Waals surface area contributed by atoms with Crippen LogP contribution in [0.25, 0.3) is 5.57 Å². The summed E-state index contributed by atoms with van der Waals surface area (Å²) >= 11 is 0. The van der Waals surface area contributed by atoms with Gasteiger partial charge in [-0.1, -0.05) is 12.1 Å². The molecule has 31 heavy (non-hydrogen) atoms. The second kappa shape index (κ2) is 8.15. The number of nitro groups is 1. The van der Waals surface area contributed by atoms with Crippen molar-refractivity contribution < 1.29 is 23.7 Å². The van der Waals surface area contributed by atoms with Gasteiger partial charge in [-0.05, 0) is 42.0 Å². The van der Waals surface area contributed by atoms with Crippen molar-refractivity contribution in [1.29, 1.82) is 0 Å². The van der Waals surface area contributed by atoms with Crippen LogP contribution in [-0.4, -0.2) is 28.7 Å². The molecule has 1 aliphatic heterocycles. The van der Waals surface area contributed by atoms with Crippen LogP contribution in [0.2, 0.25) is 0 Å². The average molecular weight is 419 g/mol. The second-order valence-electron chi connectivity index (χ2n) is 6.66. The molecular weight excluding hydrogens is 402 g/mol. The maximum atomic E-state index is 13.2. The number of ether oxygens (including phenoxy) is 1. The number of hydrogen-bond acceptors (Lipinski definition) is 7. The molecule has 1 aromatic heterocycles. The Bertz CT molecular complexity index is 1180. The maximum Gasteiger partial charge on any atom is 0.278 e. The number of non-ortho nitro benzene ring substituents is 1. The molecule has 0 spiro atoms. The summed E-state index contributed by atoms with van der Waals surface area (Å²) in [6.45, 7) is -0.0434. The predicted molar refractivity (Wildman–Crippen MR) is 111 cm³/mol. The second-order valence-corrected chi connectivity index (χ2v) is 6.66. The van der Waals surface area contributed by atoms with E-state index < -0.39 is 16.7 Å². The quantitative estimate of drug-likeness (QED) is 0.353. The van der Waals surface area contributed by atoms with Gasteiger partial charge >= 0.3 is 0 Å². The molecule has 0 atom stereocenters. The molecule has 9 heteroatoms. The van der Waals surface area contributed by atoms with Crippen LogP contribution < -0.4 is 10.1 Å². The van der Waals surface area contributed by atoms with Gasteiger partial charge in [0.1, 0.15) is 17.2 Å². The van der Waals surface area contributed by atoms with Gasteiger partial charge in [-0.3, -0.25) is 24.6 Å². The third-order valence-electron chi connectivity index (χ3n) is 4.80. The summed E-state index contributed by atoms with van der Waals surface area (Å²) in [5, 5.41) is 14.0. The van der Waals surface area contributed by atoms with Crippen molar-refractivity contribution in [2.45, 2.75) is 6.54 Å². The number of anilines is 1. The van der Waals surface area contributed by atoms with E-state index in [9.17, 15) is 19.7 Å². The largest absolute Gasteiger partial charge is 0.495 e. The molecule has 4 rings (SSSR count). The fraction of sp³-hybridized carbons (Fsp3) is 0.0909. The van der Waals surface area contributed by atoms with E-state index in [0.29, 0.717) is 22.8 Å². The molecular formula is C22H17N3O6. The van der Waals surface area contributed by atoms with E-state index in [1.165, 1.54) is 37.6 Å². The van der Waals surface area contributed by atoms with Gasteiger partial charge in [-0.25, -0.2) is 0 Å². The lowest BCUT2D eigenvalue weighted by Gasteiger charge is -2.14. The number of carbonyl (C=O) groups excluding carboxylic acids is 2. The van der Waals surface area contributed by atoms with Crippen LogP contribution in [0.1, 0.15) is 11.3 Å². The zero-order valence-electron chi connectivity index (χ0n) is 16.4. The van der Waals surface area contributed by atoms with Gasteiger partial charge in [0.2, 0.25) is 0 Å². The highest BCUT2D eigenvalue weighted by Gasteiger charge is 2.40.